The minimum Gasteiger partial charge on any atom is -0.325 e. The van der Waals surface area contributed by atoms with Gasteiger partial charge in [0.05, 0.1) is 5.75 Å². The molecule has 10 heteroatoms. The third-order valence-electron chi connectivity index (χ3n) is 4.27. The number of nitrogens with zero attached hydrogens (tertiary/aromatic N) is 4. The van der Waals surface area contributed by atoms with E-state index in [1.54, 1.807) is 19.2 Å². The fourth-order valence-electron chi connectivity index (χ4n) is 2.67. The van der Waals surface area contributed by atoms with E-state index in [2.05, 4.69) is 31.2 Å². The fourth-order valence-corrected chi connectivity index (χ4v) is 3.76. The Morgan fingerprint density at radius 3 is 2.41 bits per heavy atom. The van der Waals surface area contributed by atoms with E-state index in [4.69, 9.17) is 0 Å². The quantitative estimate of drug-likeness (QED) is 0.447. The van der Waals surface area contributed by atoms with Gasteiger partial charge in [0, 0.05) is 30.2 Å². The highest BCUT2D eigenvalue weighted by atomic mass is 79.9. The lowest BCUT2D eigenvalue weighted by Crippen LogP contribution is -2.38. The highest BCUT2D eigenvalue weighted by molar-refractivity contribution is 9.10. The normalized spacial score (nSPS) is 11.2. The predicted octanol–water partition coefficient (Wildman–Crippen LogP) is 2.64. The summed E-state index contributed by atoms with van der Waals surface area (Å²) in [5, 5.41) is 3.43. The number of carbonyl (C=O) groups excluding carboxylic acids is 1. The molecule has 0 saturated carbocycles. The van der Waals surface area contributed by atoms with Crippen LogP contribution in [0.2, 0.25) is 0 Å². The van der Waals surface area contributed by atoms with Gasteiger partial charge in [-0.25, -0.2) is 14.8 Å². The summed E-state index contributed by atoms with van der Waals surface area (Å²) in [6.45, 7) is 3.85. The van der Waals surface area contributed by atoms with Crippen LogP contribution in [0.5, 0.6) is 0 Å². The average Bonchev–Trinajstić information content (AvgIpc) is 2.70. The average molecular weight is 478 g/mol. The Labute approximate surface area is 179 Å². The van der Waals surface area contributed by atoms with Gasteiger partial charge in [0.25, 0.3) is 5.56 Å². The maximum absolute atomic E-state index is 12.7. The van der Waals surface area contributed by atoms with Crippen LogP contribution in [0.25, 0.3) is 11.0 Å². The van der Waals surface area contributed by atoms with E-state index in [0.29, 0.717) is 16.5 Å². The number of halogens is 1. The van der Waals surface area contributed by atoms with Crippen molar-refractivity contribution < 1.29 is 4.79 Å². The van der Waals surface area contributed by atoms with Gasteiger partial charge in [-0.05, 0) is 24.3 Å². The molecule has 0 unspecified atom stereocenters. The molecule has 0 atom stereocenters. The van der Waals surface area contributed by atoms with Gasteiger partial charge >= 0.3 is 5.69 Å². The van der Waals surface area contributed by atoms with Gasteiger partial charge in [0.2, 0.25) is 5.91 Å². The van der Waals surface area contributed by atoms with Crippen LogP contribution in [0.4, 0.5) is 5.69 Å². The van der Waals surface area contributed by atoms with Crippen LogP contribution in [0.15, 0.2) is 43.4 Å². The van der Waals surface area contributed by atoms with Crippen LogP contribution in [0, 0.1) is 0 Å². The lowest BCUT2D eigenvalue weighted by Gasteiger charge is -2.13. The summed E-state index contributed by atoms with van der Waals surface area (Å²) in [5.74, 6) is 0.342. The van der Waals surface area contributed by atoms with Gasteiger partial charge in [-0.3, -0.25) is 18.7 Å². The molecule has 0 aliphatic heterocycles. The zero-order chi connectivity index (χ0) is 21.3. The van der Waals surface area contributed by atoms with E-state index in [9.17, 15) is 14.4 Å². The van der Waals surface area contributed by atoms with E-state index in [-0.39, 0.29) is 28.6 Å². The number of hydrogen-bond donors (Lipinski definition) is 1. The summed E-state index contributed by atoms with van der Waals surface area (Å²) in [7, 11) is 2.98. The molecule has 3 rings (SSSR count). The number of carbonyl (C=O) groups is 1. The van der Waals surface area contributed by atoms with Crippen LogP contribution in [-0.2, 0) is 18.9 Å². The number of hydrogen-bond acceptors (Lipinski definition) is 6. The Morgan fingerprint density at radius 1 is 1.14 bits per heavy atom. The van der Waals surface area contributed by atoms with Crippen molar-refractivity contribution in [2.24, 2.45) is 14.1 Å². The van der Waals surface area contributed by atoms with Crippen molar-refractivity contribution in [1.29, 1.82) is 0 Å². The van der Waals surface area contributed by atoms with Crippen LogP contribution < -0.4 is 16.6 Å². The standard InChI is InChI=1S/C19H20BrN5O3S/c1-10(2)15-22-16-14(18(27)25(4)19(28)24(16)3)17(23-15)29-9-13(26)21-12-7-5-11(20)6-8-12/h5-8,10H,9H2,1-4H3,(H,21,26). The molecule has 0 saturated heterocycles. The fraction of sp³-hybridized carbons (Fsp3) is 0.316. The summed E-state index contributed by atoms with van der Waals surface area (Å²) < 4.78 is 3.27. The van der Waals surface area contributed by atoms with Crippen molar-refractivity contribution >= 4 is 50.3 Å². The van der Waals surface area contributed by atoms with Gasteiger partial charge in [0.1, 0.15) is 16.2 Å². The molecule has 1 N–H and O–H groups in total. The lowest BCUT2D eigenvalue weighted by molar-refractivity contribution is -0.113. The zero-order valence-electron chi connectivity index (χ0n) is 16.4. The second-order valence-electron chi connectivity index (χ2n) is 6.79. The third kappa shape index (κ3) is 4.43. The molecule has 1 amide bonds. The third-order valence-corrected chi connectivity index (χ3v) is 5.77. The number of aromatic nitrogens is 4. The monoisotopic (exact) mass is 477 g/mol. The lowest BCUT2D eigenvalue weighted by atomic mass is 10.2. The van der Waals surface area contributed by atoms with Crippen molar-refractivity contribution in [3.05, 3.63) is 55.4 Å². The summed E-state index contributed by atoms with van der Waals surface area (Å²) in [6.07, 6.45) is 0. The largest absolute Gasteiger partial charge is 0.332 e. The molecule has 0 fully saturated rings. The highest BCUT2D eigenvalue weighted by Crippen LogP contribution is 2.24. The molecule has 3 aromatic rings. The van der Waals surface area contributed by atoms with Gasteiger partial charge in [-0.1, -0.05) is 41.5 Å². The van der Waals surface area contributed by atoms with Crippen molar-refractivity contribution in [3.8, 4) is 0 Å². The van der Waals surface area contributed by atoms with E-state index in [0.717, 1.165) is 20.8 Å². The van der Waals surface area contributed by atoms with Crippen molar-refractivity contribution in [2.45, 2.75) is 24.8 Å². The summed E-state index contributed by atoms with van der Waals surface area (Å²) >= 11 is 4.50. The summed E-state index contributed by atoms with van der Waals surface area (Å²) in [6, 6.07) is 7.24. The van der Waals surface area contributed by atoms with Crippen LogP contribution in [0.1, 0.15) is 25.6 Å². The molecule has 1 aromatic carbocycles. The first-order valence-corrected chi connectivity index (χ1v) is 10.6. The molecular weight excluding hydrogens is 458 g/mol. The Balaban J connectivity index is 1.97. The van der Waals surface area contributed by atoms with Crippen molar-refractivity contribution in [3.63, 3.8) is 0 Å². The minimum absolute atomic E-state index is 0.00509. The smallest absolute Gasteiger partial charge is 0.325 e. The first-order valence-electron chi connectivity index (χ1n) is 8.85. The molecule has 29 heavy (non-hydrogen) atoms. The number of amides is 1. The van der Waals surface area contributed by atoms with Gasteiger partial charge in [-0.2, -0.15) is 0 Å². The first-order chi connectivity index (χ1) is 13.7. The predicted molar refractivity (Wildman–Crippen MR) is 118 cm³/mol. The van der Waals surface area contributed by atoms with Gasteiger partial charge < -0.3 is 5.32 Å². The van der Waals surface area contributed by atoms with E-state index >= 15 is 0 Å². The highest BCUT2D eigenvalue weighted by Gasteiger charge is 2.19. The molecule has 0 aliphatic rings. The van der Waals surface area contributed by atoms with Gasteiger partial charge in [0.15, 0.2) is 5.65 Å². The Hall–Kier alpha value is -2.46. The first kappa shape index (κ1) is 21.3. The number of aryl methyl sites for hydroxylation is 1. The van der Waals surface area contributed by atoms with E-state index in [1.807, 2.05) is 26.0 Å². The zero-order valence-corrected chi connectivity index (χ0v) is 18.8. The Morgan fingerprint density at radius 2 is 1.79 bits per heavy atom. The maximum Gasteiger partial charge on any atom is 0.332 e. The maximum atomic E-state index is 12.7. The molecule has 0 aliphatic carbocycles. The molecule has 2 heterocycles. The summed E-state index contributed by atoms with van der Waals surface area (Å²) in [5.41, 5.74) is 0.00852. The van der Waals surface area contributed by atoms with Gasteiger partial charge in [-0.15, -0.1) is 0 Å². The second-order valence-corrected chi connectivity index (χ2v) is 8.67. The van der Waals surface area contributed by atoms with E-state index in [1.165, 1.54) is 11.6 Å². The van der Waals surface area contributed by atoms with Crippen molar-refractivity contribution in [2.75, 3.05) is 11.1 Å². The van der Waals surface area contributed by atoms with Crippen LogP contribution in [0.3, 0.4) is 0 Å². The Kier molecular flexibility index (Phi) is 6.23. The minimum atomic E-state index is -0.478. The molecular formula is C19H20BrN5O3S. The molecule has 0 radical (unpaired) electrons. The van der Waals surface area contributed by atoms with Crippen molar-refractivity contribution in [1.82, 2.24) is 19.1 Å². The molecule has 8 nitrogen and oxygen atoms in total. The number of benzene rings is 1. The number of anilines is 1. The Bertz CT molecular complexity index is 1200. The second kappa shape index (κ2) is 8.50. The van der Waals surface area contributed by atoms with E-state index < -0.39 is 11.2 Å². The number of rotatable bonds is 5. The molecule has 0 bridgehead atoms. The SMILES string of the molecule is CC(C)c1nc(SCC(=O)Nc2ccc(Br)cc2)c2c(=O)n(C)c(=O)n(C)c2n1. The van der Waals surface area contributed by atoms with Crippen LogP contribution >= 0.6 is 27.7 Å². The topological polar surface area (TPSA) is 98.9 Å². The molecule has 152 valence electrons. The molecule has 2 aromatic heterocycles. The molecule has 0 spiro atoms. The summed E-state index contributed by atoms with van der Waals surface area (Å²) in [4.78, 5) is 46.3. The van der Waals surface area contributed by atoms with Crippen LogP contribution in [-0.4, -0.2) is 30.8 Å². The number of fused-ring (bicyclic) bond motifs is 1. The number of nitrogens with one attached hydrogen (secondary N) is 1. The number of thioether (sulfide) groups is 1.